The molecular formula is C22H23N7O3S2. The predicted octanol–water partition coefficient (Wildman–Crippen LogP) is 2.65. The minimum atomic E-state index is -3.24. The van der Waals surface area contributed by atoms with Gasteiger partial charge in [-0.2, -0.15) is 5.10 Å². The average molecular weight is 498 g/mol. The number of amides is 1. The first-order chi connectivity index (χ1) is 16.4. The second kappa shape index (κ2) is 9.12. The fraction of sp³-hybridized carbons (Fsp3) is 0.273. The maximum Gasteiger partial charge on any atom is 0.275 e. The molecule has 4 aromatic rings. The molecule has 2 N–H and O–H groups in total. The molecule has 1 amide bonds. The number of sulfonamides is 1. The van der Waals surface area contributed by atoms with Crippen LogP contribution >= 0.6 is 11.3 Å². The van der Waals surface area contributed by atoms with E-state index in [0.29, 0.717) is 48.3 Å². The van der Waals surface area contributed by atoms with Gasteiger partial charge in [0.05, 0.1) is 17.5 Å². The number of carbonyl (C=O) groups excluding carboxylic acids is 1. The van der Waals surface area contributed by atoms with E-state index in [9.17, 15) is 13.2 Å². The van der Waals surface area contributed by atoms with Crippen LogP contribution in [0.2, 0.25) is 0 Å². The first-order valence-corrected chi connectivity index (χ1v) is 13.5. The summed E-state index contributed by atoms with van der Waals surface area (Å²) in [5.74, 6) is 0.324. The number of piperidine rings is 1. The molecule has 1 fully saturated rings. The predicted molar refractivity (Wildman–Crippen MR) is 132 cm³/mol. The van der Waals surface area contributed by atoms with Gasteiger partial charge in [0, 0.05) is 42.3 Å². The van der Waals surface area contributed by atoms with E-state index in [1.54, 1.807) is 28.4 Å². The third-order valence-corrected chi connectivity index (χ3v) is 7.14. The molecule has 0 atom stereocenters. The van der Waals surface area contributed by atoms with E-state index in [1.807, 2.05) is 30.5 Å². The molecule has 1 aliphatic rings. The second-order valence-corrected chi connectivity index (χ2v) is 10.7. The Morgan fingerprint density at radius 3 is 2.71 bits per heavy atom. The first kappa shape index (κ1) is 22.4. The van der Waals surface area contributed by atoms with Crippen molar-refractivity contribution in [2.24, 2.45) is 0 Å². The molecular weight excluding hydrogens is 474 g/mol. The summed E-state index contributed by atoms with van der Waals surface area (Å²) in [4.78, 5) is 23.9. The molecule has 0 unspecified atom stereocenters. The van der Waals surface area contributed by atoms with Crippen LogP contribution in [0, 0.1) is 0 Å². The summed E-state index contributed by atoms with van der Waals surface area (Å²) in [6.45, 7) is 1.25. The lowest BCUT2D eigenvalue weighted by Gasteiger charge is -2.33. The Balaban J connectivity index is 1.29. The van der Waals surface area contributed by atoms with Gasteiger partial charge in [-0.3, -0.25) is 4.79 Å². The Kier molecular flexibility index (Phi) is 6.02. The molecule has 0 radical (unpaired) electrons. The molecule has 10 nitrogen and oxygen atoms in total. The van der Waals surface area contributed by atoms with Crippen LogP contribution in [0.5, 0.6) is 0 Å². The summed E-state index contributed by atoms with van der Waals surface area (Å²) >= 11 is 1.34. The zero-order valence-electron chi connectivity index (χ0n) is 18.4. The van der Waals surface area contributed by atoms with Crippen LogP contribution in [-0.2, 0) is 10.0 Å². The van der Waals surface area contributed by atoms with Crippen molar-refractivity contribution >= 4 is 49.7 Å². The van der Waals surface area contributed by atoms with Gasteiger partial charge in [-0.1, -0.05) is 18.2 Å². The Morgan fingerprint density at radius 2 is 1.94 bits per heavy atom. The molecule has 5 rings (SSSR count). The van der Waals surface area contributed by atoms with E-state index in [0.717, 1.165) is 10.9 Å². The minimum Gasteiger partial charge on any atom is -0.355 e. The van der Waals surface area contributed by atoms with Crippen LogP contribution < -0.4 is 14.9 Å². The molecule has 1 saturated heterocycles. The molecule has 1 aliphatic heterocycles. The van der Waals surface area contributed by atoms with Crippen molar-refractivity contribution in [3.8, 4) is 5.13 Å². The summed E-state index contributed by atoms with van der Waals surface area (Å²) in [6, 6.07) is 11.2. The molecule has 3 aromatic heterocycles. The highest BCUT2D eigenvalue weighted by Gasteiger charge is 2.24. The first-order valence-electron chi connectivity index (χ1n) is 10.7. The Hall–Kier alpha value is -3.35. The number of hydrogen-bond donors (Lipinski definition) is 2. The maximum atomic E-state index is 13.0. The van der Waals surface area contributed by atoms with Gasteiger partial charge in [-0.25, -0.2) is 27.8 Å². The SMILES string of the molecule is CS(=O)(=O)NC1CCN(c2ncccc2NC(=O)c2csc(-n3cc4ccccc4n3)n2)CC1. The van der Waals surface area contributed by atoms with Gasteiger partial charge in [-0.15, -0.1) is 11.3 Å². The van der Waals surface area contributed by atoms with Gasteiger partial charge in [0.25, 0.3) is 5.91 Å². The number of aromatic nitrogens is 4. The van der Waals surface area contributed by atoms with E-state index in [1.165, 1.54) is 17.6 Å². The summed E-state index contributed by atoms with van der Waals surface area (Å²) in [5, 5.41) is 10.7. The number of pyridine rings is 1. The lowest BCUT2D eigenvalue weighted by Crippen LogP contribution is -2.44. The minimum absolute atomic E-state index is 0.0969. The fourth-order valence-corrected chi connectivity index (χ4v) is 5.55. The van der Waals surface area contributed by atoms with Crippen molar-refractivity contribution in [3.05, 3.63) is 59.9 Å². The zero-order valence-corrected chi connectivity index (χ0v) is 20.0. The van der Waals surface area contributed by atoms with Crippen molar-refractivity contribution in [3.63, 3.8) is 0 Å². The Labute approximate surface area is 200 Å². The third kappa shape index (κ3) is 4.93. The van der Waals surface area contributed by atoms with E-state index >= 15 is 0 Å². The highest BCUT2D eigenvalue weighted by atomic mass is 32.2. The average Bonchev–Trinajstić information content (AvgIpc) is 3.46. The van der Waals surface area contributed by atoms with Gasteiger partial charge in [0.2, 0.25) is 15.2 Å². The zero-order chi connectivity index (χ0) is 23.7. The molecule has 1 aromatic carbocycles. The smallest absolute Gasteiger partial charge is 0.275 e. The number of hydrogen-bond acceptors (Lipinski definition) is 8. The van der Waals surface area contributed by atoms with Crippen LogP contribution in [0.25, 0.3) is 16.0 Å². The van der Waals surface area contributed by atoms with E-state index in [2.05, 4.69) is 30.0 Å². The third-order valence-electron chi connectivity index (χ3n) is 5.54. The Morgan fingerprint density at radius 1 is 1.15 bits per heavy atom. The van der Waals surface area contributed by atoms with Gasteiger partial charge in [0.15, 0.2) is 5.82 Å². The lowest BCUT2D eigenvalue weighted by atomic mass is 10.1. The number of thiazole rings is 1. The second-order valence-electron chi connectivity index (χ2n) is 8.13. The number of carbonyl (C=O) groups is 1. The van der Waals surface area contributed by atoms with Gasteiger partial charge < -0.3 is 10.2 Å². The van der Waals surface area contributed by atoms with E-state index in [4.69, 9.17) is 0 Å². The quantitative estimate of drug-likeness (QED) is 0.420. The maximum absolute atomic E-state index is 13.0. The normalized spacial score (nSPS) is 15.0. The number of anilines is 2. The molecule has 0 bridgehead atoms. The summed E-state index contributed by atoms with van der Waals surface area (Å²) < 4.78 is 27.3. The van der Waals surface area contributed by atoms with Crippen molar-refractivity contribution in [1.29, 1.82) is 0 Å². The van der Waals surface area contributed by atoms with Crippen LogP contribution in [0.1, 0.15) is 23.3 Å². The van der Waals surface area contributed by atoms with Crippen LogP contribution in [0.3, 0.4) is 0 Å². The van der Waals surface area contributed by atoms with Gasteiger partial charge in [-0.05, 0) is 31.0 Å². The highest BCUT2D eigenvalue weighted by molar-refractivity contribution is 7.88. The standard InChI is InChI=1S/C22H23N7O3S2/c1-34(31,32)27-16-8-11-28(12-9-16)20-18(7-4-10-23-20)24-21(30)19-14-33-22(25-19)29-13-15-5-2-3-6-17(15)26-29/h2-7,10,13-14,16,27H,8-9,11-12H2,1H3,(H,24,30). The molecule has 176 valence electrons. The number of nitrogens with one attached hydrogen (secondary N) is 2. The molecule has 0 aliphatic carbocycles. The number of fused-ring (bicyclic) bond motifs is 1. The topological polar surface area (TPSA) is 122 Å². The van der Waals surface area contributed by atoms with Crippen molar-refractivity contribution in [2.45, 2.75) is 18.9 Å². The highest BCUT2D eigenvalue weighted by Crippen LogP contribution is 2.27. The summed E-state index contributed by atoms with van der Waals surface area (Å²) in [6.07, 6.45) is 6.05. The number of benzene rings is 1. The summed E-state index contributed by atoms with van der Waals surface area (Å²) in [7, 11) is -3.24. The van der Waals surface area contributed by atoms with E-state index in [-0.39, 0.29) is 11.9 Å². The molecule has 4 heterocycles. The Bertz CT molecular complexity index is 1410. The number of rotatable bonds is 6. The van der Waals surface area contributed by atoms with E-state index < -0.39 is 10.0 Å². The van der Waals surface area contributed by atoms with Crippen molar-refractivity contribution in [1.82, 2.24) is 24.5 Å². The van der Waals surface area contributed by atoms with Gasteiger partial charge in [0.1, 0.15) is 5.69 Å². The van der Waals surface area contributed by atoms with Crippen molar-refractivity contribution < 1.29 is 13.2 Å². The molecule has 34 heavy (non-hydrogen) atoms. The molecule has 0 saturated carbocycles. The summed E-state index contributed by atoms with van der Waals surface area (Å²) in [5.41, 5.74) is 1.74. The largest absolute Gasteiger partial charge is 0.355 e. The van der Waals surface area contributed by atoms with Crippen LogP contribution in [-0.4, -0.2) is 59.5 Å². The van der Waals surface area contributed by atoms with Crippen LogP contribution in [0.4, 0.5) is 11.5 Å². The molecule has 0 spiro atoms. The van der Waals surface area contributed by atoms with Crippen molar-refractivity contribution in [2.75, 3.05) is 29.6 Å². The monoisotopic (exact) mass is 497 g/mol. The lowest BCUT2D eigenvalue weighted by molar-refractivity contribution is 0.102. The number of nitrogens with zero attached hydrogens (tertiary/aromatic N) is 5. The fourth-order valence-electron chi connectivity index (χ4n) is 3.98. The van der Waals surface area contributed by atoms with Gasteiger partial charge >= 0.3 is 0 Å². The molecule has 12 heteroatoms. The van der Waals surface area contributed by atoms with Crippen LogP contribution in [0.15, 0.2) is 54.2 Å².